The zero-order valence-electron chi connectivity index (χ0n) is 21.0. The normalized spacial score (nSPS) is 12.7. The molecule has 3 heterocycles. The molecule has 4 rings (SSSR count). The highest BCUT2D eigenvalue weighted by molar-refractivity contribution is 7.90. The summed E-state index contributed by atoms with van der Waals surface area (Å²) >= 11 is 0. The quantitative estimate of drug-likeness (QED) is 0.312. The van der Waals surface area contributed by atoms with Crippen LogP contribution in [0.2, 0.25) is 0 Å². The fraction of sp³-hybridized carbons (Fsp3) is 0.320. The van der Waals surface area contributed by atoms with Gasteiger partial charge >= 0.3 is 12.3 Å². The largest absolute Gasteiger partial charge is 0.475 e. The Balaban J connectivity index is 1.96. The lowest BCUT2D eigenvalue weighted by molar-refractivity contribution is -0.0518. The zero-order chi connectivity index (χ0) is 27.8. The Morgan fingerprint density at radius 2 is 1.82 bits per heavy atom. The number of nitrogens with zero attached hydrogens (tertiary/aromatic N) is 4. The number of rotatable bonds is 9. The summed E-state index contributed by atoms with van der Waals surface area (Å²) in [6.07, 6.45) is 2.42. The van der Waals surface area contributed by atoms with Crippen molar-refractivity contribution >= 4 is 21.0 Å². The van der Waals surface area contributed by atoms with Crippen molar-refractivity contribution < 1.29 is 31.1 Å². The molecular formula is C25H25F3N4O5S. The number of benzene rings is 1. The second kappa shape index (κ2) is 10.5. The summed E-state index contributed by atoms with van der Waals surface area (Å²) in [4.78, 5) is 22.2. The van der Waals surface area contributed by atoms with Crippen molar-refractivity contribution in [3.8, 4) is 22.8 Å². The molecule has 0 amide bonds. The number of fused-ring (bicyclic) bond motifs is 1. The van der Waals surface area contributed by atoms with E-state index in [1.807, 2.05) is 0 Å². The van der Waals surface area contributed by atoms with Crippen LogP contribution in [0.25, 0.3) is 22.3 Å². The van der Waals surface area contributed by atoms with E-state index in [0.29, 0.717) is 22.2 Å². The van der Waals surface area contributed by atoms with Gasteiger partial charge in [0.25, 0.3) is 5.88 Å². The molecule has 1 unspecified atom stereocenters. The summed E-state index contributed by atoms with van der Waals surface area (Å²) in [6, 6.07) is 7.43. The number of ether oxygens (including phenoxy) is 2. The molecule has 202 valence electrons. The third kappa shape index (κ3) is 5.23. The Bertz CT molecular complexity index is 1670. The van der Waals surface area contributed by atoms with Gasteiger partial charge in [0.15, 0.2) is 11.4 Å². The molecular weight excluding hydrogens is 525 g/mol. The molecule has 3 aromatic heterocycles. The summed E-state index contributed by atoms with van der Waals surface area (Å²) in [7, 11) is -2.20. The molecule has 4 aromatic rings. The number of sulfone groups is 1. The molecule has 13 heteroatoms. The first-order valence-corrected chi connectivity index (χ1v) is 13.6. The average Bonchev–Trinajstić information content (AvgIpc) is 3.09. The van der Waals surface area contributed by atoms with Gasteiger partial charge in [-0.1, -0.05) is 18.2 Å². The molecule has 1 atom stereocenters. The fourth-order valence-electron chi connectivity index (χ4n) is 4.37. The first kappa shape index (κ1) is 27.2. The van der Waals surface area contributed by atoms with E-state index >= 15 is 0 Å². The van der Waals surface area contributed by atoms with Crippen molar-refractivity contribution in [2.45, 2.75) is 26.5 Å². The van der Waals surface area contributed by atoms with E-state index in [1.165, 1.54) is 40.6 Å². The van der Waals surface area contributed by atoms with Gasteiger partial charge in [-0.25, -0.2) is 27.6 Å². The van der Waals surface area contributed by atoms with Crippen molar-refractivity contribution in [2.24, 2.45) is 7.05 Å². The summed E-state index contributed by atoms with van der Waals surface area (Å²) < 4.78 is 77.5. The first-order valence-electron chi connectivity index (χ1n) is 11.5. The maximum atomic E-state index is 14.5. The van der Waals surface area contributed by atoms with E-state index in [-0.39, 0.29) is 29.6 Å². The summed E-state index contributed by atoms with van der Waals surface area (Å²) in [5, 5.41) is 0. The summed E-state index contributed by atoms with van der Waals surface area (Å²) in [5.41, 5.74) is 1.31. The van der Waals surface area contributed by atoms with Crippen LogP contribution in [0.3, 0.4) is 0 Å². The van der Waals surface area contributed by atoms with E-state index in [2.05, 4.69) is 14.7 Å². The van der Waals surface area contributed by atoms with Crippen LogP contribution in [0.4, 0.5) is 13.2 Å². The van der Waals surface area contributed by atoms with Crippen molar-refractivity contribution in [3.63, 3.8) is 0 Å². The standard InChI is InChI=1S/C25H25F3N4O5S/c1-5-36-23-20(37-24(27)28)11-10-18(30-23)19(13-38(4,34)35)32-22-21(31(3)25(32)33)14(2)16(12-29-22)15-8-6-7-9-17(15)26/h6-12,19,24H,5,13H2,1-4H3. The third-order valence-corrected chi connectivity index (χ3v) is 6.89. The molecule has 0 aliphatic heterocycles. The second-order valence-electron chi connectivity index (χ2n) is 8.62. The highest BCUT2D eigenvalue weighted by Gasteiger charge is 2.29. The van der Waals surface area contributed by atoms with Crippen LogP contribution in [0, 0.1) is 12.7 Å². The van der Waals surface area contributed by atoms with Crippen molar-refractivity contribution in [3.05, 3.63) is 70.2 Å². The third-order valence-electron chi connectivity index (χ3n) is 5.97. The Morgan fingerprint density at radius 1 is 1.11 bits per heavy atom. The molecule has 9 nitrogen and oxygen atoms in total. The minimum atomic E-state index is -3.70. The molecule has 0 radical (unpaired) electrons. The number of hydrogen-bond donors (Lipinski definition) is 0. The fourth-order valence-corrected chi connectivity index (χ4v) is 5.26. The van der Waals surface area contributed by atoms with Gasteiger partial charge in [-0.2, -0.15) is 8.78 Å². The summed E-state index contributed by atoms with van der Waals surface area (Å²) in [6.45, 7) is 0.262. The van der Waals surface area contributed by atoms with Crippen molar-refractivity contribution in [2.75, 3.05) is 18.6 Å². The summed E-state index contributed by atoms with van der Waals surface area (Å²) in [5.74, 6) is -1.62. The van der Waals surface area contributed by atoms with Crippen LogP contribution >= 0.6 is 0 Å². The minimum Gasteiger partial charge on any atom is -0.475 e. The molecule has 0 saturated heterocycles. The van der Waals surface area contributed by atoms with Gasteiger partial charge in [0.1, 0.15) is 15.7 Å². The first-order chi connectivity index (χ1) is 17.9. The monoisotopic (exact) mass is 550 g/mol. The van der Waals surface area contributed by atoms with Gasteiger partial charge in [-0.15, -0.1) is 0 Å². The molecule has 0 aliphatic carbocycles. The lowest BCUT2D eigenvalue weighted by atomic mass is 10.0. The van der Waals surface area contributed by atoms with Gasteiger partial charge in [-0.05, 0) is 37.6 Å². The molecule has 0 aliphatic rings. The van der Waals surface area contributed by atoms with E-state index in [0.717, 1.165) is 6.26 Å². The highest BCUT2D eigenvalue weighted by atomic mass is 32.2. The van der Waals surface area contributed by atoms with Gasteiger partial charge in [0.05, 0.1) is 29.6 Å². The van der Waals surface area contributed by atoms with Gasteiger partial charge < -0.3 is 9.47 Å². The number of aromatic nitrogens is 4. The van der Waals surface area contributed by atoms with Crippen LogP contribution in [-0.4, -0.2) is 52.7 Å². The Labute approximate surface area is 216 Å². The maximum absolute atomic E-state index is 14.5. The predicted octanol–water partition coefficient (Wildman–Crippen LogP) is 3.88. The van der Waals surface area contributed by atoms with E-state index in [4.69, 9.17) is 4.74 Å². The number of imidazole rings is 1. The van der Waals surface area contributed by atoms with Gasteiger partial charge in [-0.3, -0.25) is 9.13 Å². The Morgan fingerprint density at radius 3 is 2.45 bits per heavy atom. The van der Waals surface area contributed by atoms with Crippen LogP contribution in [0.5, 0.6) is 11.6 Å². The topological polar surface area (TPSA) is 105 Å². The number of pyridine rings is 2. The SMILES string of the molecule is CCOc1nc(C(CS(C)(=O)=O)n2c(=O)n(C)c3c(C)c(-c4ccccc4F)cnc32)ccc1OC(F)F. The average molecular weight is 551 g/mol. The molecule has 0 bridgehead atoms. The van der Waals surface area contributed by atoms with Gasteiger partial charge in [0.2, 0.25) is 0 Å². The minimum absolute atomic E-state index is 0.0627. The van der Waals surface area contributed by atoms with E-state index in [9.17, 15) is 26.4 Å². The molecule has 38 heavy (non-hydrogen) atoms. The zero-order valence-corrected chi connectivity index (χ0v) is 21.8. The van der Waals surface area contributed by atoms with E-state index in [1.54, 1.807) is 32.0 Å². The lowest BCUT2D eigenvalue weighted by Gasteiger charge is -2.19. The Kier molecular flexibility index (Phi) is 7.49. The van der Waals surface area contributed by atoms with Gasteiger partial charge in [0, 0.05) is 30.6 Å². The molecule has 0 fully saturated rings. The predicted molar refractivity (Wildman–Crippen MR) is 135 cm³/mol. The van der Waals surface area contributed by atoms with Crippen molar-refractivity contribution in [1.29, 1.82) is 0 Å². The highest BCUT2D eigenvalue weighted by Crippen LogP contribution is 2.33. The molecule has 0 N–H and O–H groups in total. The smallest absolute Gasteiger partial charge is 0.387 e. The van der Waals surface area contributed by atoms with Crippen LogP contribution in [0.15, 0.2) is 47.4 Å². The van der Waals surface area contributed by atoms with Crippen molar-refractivity contribution in [1.82, 2.24) is 19.1 Å². The van der Waals surface area contributed by atoms with Crippen LogP contribution in [-0.2, 0) is 16.9 Å². The second-order valence-corrected chi connectivity index (χ2v) is 10.8. The lowest BCUT2D eigenvalue weighted by Crippen LogP contribution is -2.31. The van der Waals surface area contributed by atoms with Crippen LogP contribution in [0.1, 0.15) is 24.2 Å². The maximum Gasteiger partial charge on any atom is 0.387 e. The molecule has 0 spiro atoms. The van der Waals surface area contributed by atoms with Crippen LogP contribution < -0.4 is 15.2 Å². The number of hydrogen-bond acceptors (Lipinski definition) is 7. The number of aryl methyl sites for hydroxylation is 2. The number of halogens is 3. The number of alkyl halides is 2. The Hall–Kier alpha value is -3.87. The van der Waals surface area contributed by atoms with E-state index < -0.39 is 39.8 Å². The molecule has 0 saturated carbocycles. The molecule has 1 aromatic carbocycles.